The van der Waals surface area contributed by atoms with Gasteiger partial charge in [0.15, 0.2) is 0 Å². The van der Waals surface area contributed by atoms with E-state index in [1.54, 1.807) is 35.3 Å². The van der Waals surface area contributed by atoms with Crippen molar-refractivity contribution < 1.29 is 14.0 Å². The number of thioether (sulfide) groups is 1. The number of hydrogen-bond donors (Lipinski definition) is 1. The topological polar surface area (TPSA) is 62.6 Å². The van der Waals surface area contributed by atoms with Crippen molar-refractivity contribution >= 4 is 34.9 Å². The Hall–Kier alpha value is -1.73. The number of nitrogens with one attached hydrogen (secondary N) is 1. The van der Waals surface area contributed by atoms with Gasteiger partial charge in [-0.05, 0) is 31.4 Å². The zero-order chi connectivity index (χ0) is 16.4. The van der Waals surface area contributed by atoms with Crippen molar-refractivity contribution in [1.82, 2.24) is 10.2 Å². The minimum atomic E-state index is -0.475. The van der Waals surface area contributed by atoms with Gasteiger partial charge in [0, 0.05) is 17.4 Å². The average Bonchev–Trinajstić information content (AvgIpc) is 3.24. The highest BCUT2D eigenvalue weighted by Crippen LogP contribution is 2.42. The number of thiophene rings is 1. The maximum atomic E-state index is 12.9. The van der Waals surface area contributed by atoms with E-state index >= 15 is 0 Å². The van der Waals surface area contributed by atoms with Crippen LogP contribution in [0.5, 0.6) is 0 Å². The molecule has 1 fully saturated rings. The molecule has 1 saturated heterocycles. The van der Waals surface area contributed by atoms with E-state index in [1.807, 2.05) is 31.4 Å². The van der Waals surface area contributed by atoms with Crippen molar-refractivity contribution in [3.63, 3.8) is 0 Å². The summed E-state index contributed by atoms with van der Waals surface area (Å²) in [6, 6.07) is 5.04. The van der Waals surface area contributed by atoms with Crippen molar-refractivity contribution in [1.29, 1.82) is 0 Å². The van der Waals surface area contributed by atoms with E-state index in [-0.39, 0.29) is 23.2 Å². The van der Waals surface area contributed by atoms with Crippen LogP contribution in [0.1, 0.15) is 34.5 Å². The summed E-state index contributed by atoms with van der Waals surface area (Å²) in [5.74, 6) is 0.356. The standard InChI is InChI=1S/C16H18N2O3S2/c1-10(2)17-14(19)12-9-23-16(11-5-6-21-8-11)18(12)15(20)13-4-3-7-22-13/h3-8,10,12,16H,9H2,1-2H3,(H,17,19). The number of carbonyl (C=O) groups is 2. The molecule has 2 aromatic rings. The highest BCUT2D eigenvalue weighted by molar-refractivity contribution is 7.99. The smallest absolute Gasteiger partial charge is 0.265 e. The molecule has 2 atom stereocenters. The highest BCUT2D eigenvalue weighted by atomic mass is 32.2. The Bertz CT molecular complexity index is 668. The Balaban J connectivity index is 1.90. The lowest BCUT2D eigenvalue weighted by Crippen LogP contribution is -2.49. The van der Waals surface area contributed by atoms with Gasteiger partial charge < -0.3 is 14.6 Å². The van der Waals surface area contributed by atoms with Crippen molar-refractivity contribution in [2.45, 2.75) is 31.3 Å². The number of nitrogens with zero attached hydrogens (tertiary/aromatic N) is 1. The third-order valence-electron chi connectivity index (χ3n) is 3.53. The predicted octanol–water partition coefficient (Wildman–Crippen LogP) is 3.12. The highest BCUT2D eigenvalue weighted by Gasteiger charge is 2.43. The van der Waals surface area contributed by atoms with E-state index < -0.39 is 6.04 Å². The Morgan fingerprint density at radius 1 is 1.39 bits per heavy atom. The van der Waals surface area contributed by atoms with E-state index in [4.69, 9.17) is 4.42 Å². The molecule has 0 aromatic carbocycles. The quantitative estimate of drug-likeness (QED) is 0.920. The molecule has 0 radical (unpaired) electrons. The molecule has 7 heteroatoms. The SMILES string of the molecule is CC(C)NC(=O)C1CSC(c2ccoc2)N1C(=O)c1cccs1. The van der Waals surface area contributed by atoms with Crippen LogP contribution in [0, 0.1) is 0 Å². The summed E-state index contributed by atoms with van der Waals surface area (Å²) in [5.41, 5.74) is 0.903. The van der Waals surface area contributed by atoms with Crippen LogP contribution >= 0.6 is 23.1 Å². The van der Waals surface area contributed by atoms with Gasteiger partial charge in [-0.25, -0.2) is 0 Å². The molecule has 0 saturated carbocycles. The van der Waals surface area contributed by atoms with Gasteiger partial charge >= 0.3 is 0 Å². The Morgan fingerprint density at radius 3 is 2.83 bits per heavy atom. The summed E-state index contributed by atoms with van der Waals surface area (Å²) < 4.78 is 5.16. The average molecular weight is 350 g/mol. The van der Waals surface area contributed by atoms with Crippen LogP contribution in [-0.4, -0.2) is 34.6 Å². The van der Waals surface area contributed by atoms with Crippen LogP contribution in [0.15, 0.2) is 40.5 Å². The van der Waals surface area contributed by atoms with Gasteiger partial charge in [-0.15, -0.1) is 23.1 Å². The van der Waals surface area contributed by atoms with Gasteiger partial charge in [-0.1, -0.05) is 6.07 Å². The Morgan fingerprint density at radius 2 is 2.22 bits per heavy atom. The summed E-state index contributed by atoms with van der Waals surface area (Å²) in [4.78, 5) is 27.8. The minimum Gasteiger partial charge on any atom is -0.472 e. The summed E-state index contributed by atoms with van der Waals surface area (Å²) in [7, 11) is 0. The van der Waals surface area contributed by atoms with Crippen LogP contribution in [0.2, 0.25) is 0 Å². The molecule has 0 spiro atoms. The molecule has 3 heterocycles. The molecule has 122 valence electrons. The summed E-state index contributed by atoms with van der Waals surface area (Å²) in [6.07, 6.45) is 3.22. The van der Waals surface area contributed by atoms with E-state index in [2.05, 4.69) is 5.32 Å². The number of hydrogen-bond acceptors (Lipinski definition) is 5. The molecule has 0 aliphatic carbocycles. The lowest BCUT2D eigenvalue weighted by molar-refractivity contribution is -0.125. The minimum absolute atomic E-state index is 0.0409. The molecule has 0 bridgehead atoms. The molecule has 3 rings (SSSR count). The molecule has 23 heavy (non-hydrogen) atoms. The van der Waals surface area contributed by atoms with Gasteiger partial charge in [0.05, 0.1) is 17.4 Å². The lowest BCUT2D eigenvalue weighted by atomic mass is 10.2. The maximum absolute atomic E-state index is 12.9. The largest absolute Gasteiger partial charge is 0.472 e. The van der Waals surface area contributed by atoms with Gasteiger partial charge in [0.2, 0.25) is 5.91 Å². The monoisotopic (exact) mass is 350 g/mol. The zero-order valence-electron chi connectivity index (χ0n) is 12.9. The van der Waals surface area contributed by atoms with E-state index in [0.717, 1.165) is 5.56 Å². The second-order valence-electron chi connectivity index (χ2n) is 5.61. The van der Waals surface area contributed by atoms with Gasteiger partial charge in [0.25, 0.3) is 5.91 Å². The number of amides is 2. The zero-order valence-corrected chi connectivity index (χ0v) is 14.5. The fraction of sp³-hybridized carbons (Fsp3) is 0.375. The lowest BCUT2D eigenvalue weighted by Gasteiger charge is -2.28. The first kappa shape index (κ1) is 16.1. The Labute approximate surface area is 143 Å². The van der Waals surface area contributed by atoms with Crippen LogP contribution in [-0.2, 0) is 4.79 Å². The second kappa shape index (κ2) is 6.80. The first-order valence-electron chi connectivity index (χ1n) is 7.38. The molecule has 1 aliphatic heterocycles. The molecule has 1 aliphatic rings. The number of carbonyl (C=O) groups excluding carboxylic acids is 2. The molecule has 2 aromatic heterocycles. The number of furan rings is 1. The molecular formula is C16H18N2O3S2. The Kier molecular flexibility index (Phi) is 4.77. The number of rotatable bonds is 4. The molecular weight excluding hydrogens is 332 g/mol. The van der Waals surface area contributed by atoms with Gasteiger partial charge in [0.1, 0.15) is 11.4 Å². The molecule has 5 nitrogen and oxygen atoms in total. The van der Waals surface area contributed by atoms with Gasteiger partial charge in [-0.2, -0.15) is 0 Å². The third-order valence-corrected chi connectivity index (χ3v) is 5.71. The normalized spacial score (nSPS) is 20.9. The van der Waals surface area contributed by atoms with Crippen LogP contribution in [0.4, 0.5) is 0 Å². The molecule has 2 amide bonds. The first-order chi connectivity index (χ1) is 11.1. The van der Waals surface area contributed by atoms with Crippen LogP contribution < -0.4 is 5.32 Å². The predicted molar refractivity (Wildman–Crippen MR) is 91.5 cm³/mol. The summed E-state index contributed by atoms with van der Waals surface area (Å²) in [5, 5.41) is 4.58. The maximum Gasteiger partial charge on any atom is 0.265 e. The second-order valence-corrected chi connectivity index (χ2v) is 7.67. The summed E-state index contributed by atoms with van der Waals surface area (Å²) in [6.45, 7) is 3.83. The van der Waals surface area contributed by atoms with E-state index in [1.165, 1.54) is 11.3 Å². The van der Waals surface area contributed by atoms with E-state index in [0.29, 0.717) is 10.6 Å². The van der Waals surface area contributed by atoms with Crippen molar-refractivity contribution in [2.24, 2.45) is 0 Å². The fourth-order valence-electron chi connectivity index (χ4n) is 2.54. The third kappa shape index (κ3) is 3.30. The molecule has 2 unspecified atom stereocenters. The molecule has 1 N–H and O–H groups in total. The van der Waals surface area contributed by atoms with Crippen molar-refractivity contribution in [3.8, 4) is 0 Å². The van der Waals surface area contributed by atoms with Crippen molar-refractivity contribution in [2.75, 3.05) is 5.75 Å². The van der Waals surface area contributed by atoms with Crippen molar-refractivity contribution in [3.05, 3.63) is 46.5 Å². The van der Waals surface area contributed by atoms with Crippen LogP contribution in [0.3, 0.4) is 0 Å². The first-order valence-corrected chi connectivity index (χ1v) is 9.31. The summed E-state index contributed by atoms with van der Waals surface area (Å²) >= 11 is 2.98. The van der Waals surface area contributed by atoms with Gasteiger partial charge in [-0.3, -0.25) is 9.59 Å². The fourth-order valence-corrected chi connectivity index (χ4v) is 4.61. The van der Waals surface area contributed by atoms with Crippen LogP contribution in [0.25, 0.3) is 0 Å². The van der Waals surface area contributed by atoms with E-state index in [9.17, 15) is 9.59 Å².